The van der Waals surface area contributed by atoms with Crippen LogP contribution in [-0.2, 0) is 14.3 Å². The molecule has 1 aromatic carbocycles. The second-order valence-corrected chi connectivity index (χ2v) is 4.10. The average Bonchev–Trinajstić information content (AvgIpc) is 2.36. The van der Waals surface area contributed by atoms with Crippen molar-refractivity contribution in [1.82, 2.24) is 5.32 Å². The molecule has 0 radical (unpaired) electrons. The molecule has 0 fully saturated rings. The quantitative estimate of drug-likeness (QED) is 0.747. The molecule has 1 rings (SSSR count). The fourth-order valence-corrected chi connectivity index (χ4v) is 1.54. The van der Waals surface area contributed by atoms with E-state index >= 15 is 0 Å². The molecule has 0 aromatic heterocycles. The fraction of sp³-hybridized carbons (Fsp3) is 0.308. The molecule has 1 aromatic rings. The highest BCUT2D eigenvalue weighted by atomic mass is 19.1. The summed E-state index contributed by atoms with van der Waals surface area (Å²) < 4.78 is 30.6. The topological polar surface area (TPSA) is 98.5 Å². The van der Waals surface area contributed by atoms with E-state index in [1.807, 2.05) is 0 Å². The summed E-state index contributed by atoms with van der Waals surface area (Å²) in [6, 6.07) is 0.852. The number of nitrogens with two attached hydrogens (primary N) is 1. The Balaban J connectivity index is 2.81. The summed E-state index contributed by atoms with van der Waals surface area (Å²) in [5, 5.41) is 2.13. The van der Waals surface area contributed by atoms with E-state index in [1.54, 1.807) is 6.92 Å². The monoisotopic (exact) mass is 300 g/mol. The molecule has 0 aliphatic carbocycles. The largest absolute Gasteiger partial charge is 0.466 e. The van der Waals surface area contributed by atoms with E-state index in [2.05, 4.69) is 10.1 Å². The lowest BCUT2D eigenvalue weighted by molar-refractivity contribution is -0.145. The van der Waals surface area contributed by atoms with E-state index in [0.717, 1.165) is 12.1 Å². The SMILES string of the molecule is CCOC(=O)C[C@H](NC(=O)c1cc(F)cc(F)c1)C(N)=O. The zero-order chi connectivity index (χ0) is 16.0. The number of carbonyl (C=O) groups is 3. The van der Waals surface area contributed by atoms with E-state index in [1.165, 1.54) is 0 Å². The number of amides is 2. The van der Waals surface area contributed by atoms with Gasteiger partial charge in [0.2, 0.25) is 5.91 Å². The van der Waals surface area contributed by atoms with Gasteiger partial charge in [-0.3, -0.25) is 14.4 Å². The zero-order valence-electron chi connectivity index (χ0n) is 11.2. The minimum Gasteiger partial charge on any atom is -0.466 e. The van der Waals surface area contributed by atoms with Gasteiger partial charge in [0.25, 0.3) is 5.91 Å². The predicted octanol–water partition coefficient (Wildman–Crippen LogP) is 0.502. The number of esters is 1. The van der Waals surface area contributed by atoms with Crippen LogP contribution in [-0.4, -0.2) is 30.4 Å². The molecule has 21 heavy (non-hydrogen) atoms. The zero-order valence-corrected chi connectivity index (χ0v) is 11.2. The third kappa shape index (κ3) is 5.17. The molecule has 0 aliphatic rings. The molecule has 8 heteroatoms. The van der Waals surface area contributed by atoms with E-state index in [4.69, 9.17) is 5.73 Å². The fourth-order valence-electron chi connectivity index (χ4n) is 1.54. The molecule has 3 N–H and O–H groups in total. The molecule has 0 aliphatic heterocycles. The van der Waals surface area contributed by atoms with Crippen LogP contribution < -0.4 is 11.1 Å². The lowest BCUT2D eigenvalue weighted by Crippen LogP contribution is -2.46. The van der Waals surface area contributed by atoms with Crippen molar-refractivity contribution in [2.75, 3.05) is 6.61 Å². The van der Waals surface area contributed by atoms with Crippen LogP contribution in [0.15, 0.2) is 18.2 Å². The smallest absolute Gasteiger partial charge is 0.308 e. The summed E-state index contributed by atoms with van der Waals surface area (Å²) in [7, 11) is 0. The van der Waals surface area contributed by atoms with Crippen LogP contribution in [0.4, 0.5) is 8.78 Å². The summed E-state index contributed by atoms with van der Waals surface area (Å²) in [6.45, 7) is 1.68. The lowest BCUT2D eigenvalue weighted by atomic mass is 10.1. The van der Waals surface area contributed by atoms with Gasteiger partial charge < -0.3 is 15.8 Å². The third-order valence-corrected chi connectivity index (χ3v) is 2.45. The van der Waals surface area contributed by atoms with Crippen LogP contribution in [0.1, 0.15) is 23.7 Å². The van der Waals surface area contributed by atoms with Gasteiger partial charge in [-0.2, -0.15) is 0 Å². The van der Waals surface area contributed by atoms with Crippen LogP contribution in [0.3, 0.4) is 0 Å². The van der Waals surface area contributed by atoms with Crippen molar-refractivity contribution in [3.63, 3.8) is 0 Å². The van der Waals surface area contributed by atoms with Crippen molar-refractivity contribution < 1.29 is 27.9 Å². The molecule has 0 spiro atoms. The van der Waals surface area contributed by atoms with Crippen LogP contribution in [0.2, 0.25) is 0 Å². The highest BCUT2D eigenvalue weighted by Gasteiger charge is 2.23. The van der Waals surface area contributed by atoms with Crippen LogP contribution in [0.25, 0.3) is 0 Å². The van der Waals surface area contributed by atoms with Gasteiger partial charge in [-0.05, 0) is 19.1 Å². The maximum Gasteiger partial charge on any atom is 0.308 e. The Labute approximate surface area is 119 Å². The minimum absolute atomic E-state index is 0.105. The van der Waals surface area contributed by atoms with Gasteiger partial charge in [0, 0.05) is 11.6 Å². The molecule has 114 valence electrons. The number of halogens is 2. The van der Waals surface area contributed by atoms with Gasteiger partial charge in [-0.1, -0.05) is 0 Å². The Morgan fingerprint density at radius 1 is 1.24 bits per heavy atom. The summed E-state index contributed by atoms with van der Waals surface area (Å²) in [5.41, 5.74) is 4.73. The van der Waals surface area contributed by atoms with E-state index < -0.39 is 41.9 Å². The summed E-state index contributed by atoms with van der Waals surface area (Å²) in [6.07, 6.45) is -0.466. The van der Waals surface area contributed by atoms with Crippen molar-refractivity contribution in [2.24, 2.45) is 5.73 Å². The van der Waals surface area contributed by atoms with Crippen LogP contribution in [0.5, 0.6) is 0 Å². The second kappa shape index (κ2) is 7.32. The number of rotatable bonds is 6. The number of ether oxygens (including phenoxy) is 1. The predicted molar refractivity (Wildman–Crippen MR) is 68.1 cm³/mol. The van der Waals surface area contributed by atoms with Gasteiger partial charge in [-0.25, -0.2) is 8.78 Å². The molecule has 6 nitrogen and oxygen atoms in total. The van der Waals surface area contributed by atoms with Gasteiger partial charge in [0.05, 0.1) is 13.0 Å². The number of benzene rings is 1. The number of nitrogens with one attached hydrogen (secondary N) is 1. The first-order valence-corrected chi connectivity index (χ1v) is 6.05. The third-order valence-electron chi connectivity index (χ3n) is 2.45. The Bertz CT molecular complexity index is 543. The van der Waals surface area contributed by atoms with E-state index in [0.29, 0.717) is 6.07 Å². The van der Waals surface area contributed by atoms with Crippen LogP contribution in [0, 0.1) is 11.6 Å². The molecular weight excluding hydrogens is 286 g/mol. The molecule has 0 unspecified atom stereocenters. The van der Waals surface area contributed by atoms with Gasteiger partial charge in [0.15, 0.2) is 0 Å². The molecular formula is C13H14F2N2O4. The minimum atomic E-state index is -1.33. The maximum absolute atomic E-state index is 13.0. The molecule has 1 atom stereocenters. The number of carbonyl (C=O) groups excluding carboxylic acids is 3. The van der Waals surface area contributed by atoms with Gasteiger partial charge in [0.1, 0.15) is 17.7 Å². The molecule has 0 heterocycles. The van der Waals surface area contributed by atoms with Gasteiger partial charge in [-0.15, -0.1) is 0 Å². The molecule has 2 amide bonds. The average molecular weight is 300 g/mol. The summed E-state index contributed by atoms with van der Waals surface area (Å²) in [5.74, 6) is -4.51. The number of hydrogen-bond donors (Lipinski definition) is 2. The highest BCUT2D eigenvalue weighted by molar-refractivity contribution is 5.98. The van der Waals surface area contributed by atoms with Crippen molar-refractivity contribution >= 4 is 17.8 Å². The number of primary amides is 1. The first kappa shape index (κ1) is 16.5. The molecule has 0 bridgehead atoms. The van der Waals surface area contributed by atoms with Crippen molar-refractivity contribution in [1.29, 1.82) is 0 Å². The standard InChI is InChI=1S/C13H14F2N2O4/c1-2-21-11(18)6-10(12(16)19)17-13(20)7-3-8(14)5-9(15)4-7/h3-5,10H,2,6H2,1H3,(H2,16,19)(H,17,20)/t10-/m0/s1. The Hall–Kier alpha value is -2.51. The normalized spacial score (nSPS) is 11.6. The van der Waals surface area contributed by atoms with E-state index in [9.17, 15) is 23.2 Å². The van der Waals surface area contributed by atoms with E-state index in [-0.39, 0.29) is 12.2 Å². The lowest BCUT2D eigenvalue weighted by Gasteiger charge is -2.14. The van der Waals surface area contributed by atoms with Crippen molar-refractivity contribution in [3.8, 4) is 0 Å². The van der Waals surface area contributed by atoms with Crippen molar-refractivity contribution in [3.05, 3.63) is 35.4 Å². The first-order valence-electron chi connectivity index (χ1n) is 6.05. The van der Waals surface area contributed by atoms with Gasteiger partial charge >= 0.3 is 5.97 Å². The Kier molecular flexibility index (Phi) is 5.77. The van der Waals surface area contributed by atoms with Crippen molar-refractivity contribution in [2.45, 2.75) is 19.4 Å². The molecule has 0 saturated heterocycles. The second-order valence-electron chi connectivity index (χ2n) is 4.10. The summed E-state index contributed by atoms with van der Waals surface area (Å²) in [4.78, 5) is 34.3. The highest BCUT2D eigenvalue weighted by Crippen LogP contribution is 2.08. The van der Waals surface area contributed by atoms with Crippen LogP contribution >= 0.6 is 0 Å². The Morgan fingerprint density at radius 3 is 2.29 bits per heavy atom. The Morgan fingerprint density at radius 2 is 1.81 bits per heavy atom. The molecule has 0 saturated carbocycles. The first-order chi connectivity index (χ1) is 9.83. The number of hydrogen-bond acceptors (Lipinski definition) is 4. The summed E-state index contributed by atoms with van der Waals surface area (Å²) >= 11 is 0. The maximum atomic E-state index is 13.0.